The molecule has 2 amide bonds. The molecule has 206 valence electrons. The van der Waals surface area contributed by atoms with Crippen molar-refractivity contribution in [3.05, 3.63) is 69.8 Å². The summed E-state index contributed by atoms with van der Waals surface area (Å²) in [5.74, 6) is 1.52. The zero-order valence-corrected chi connectivity index (χ0v) is 22.9. The number of hydrogen-bond acceptors (Lipinski definition) is 8. The second-order valence-corrected chi connectivity index (χ2v) is 10.4. The number of nitrogens with one attached hydrogen (secondary N) is 1. The van der Waals surface area contributed by atoms with Crippen LogP contribution in [0.4, 0.5) is 10.5 Å². The van der Waals surface area contributed by atoms with Crippen LogP contribution in [0.15, 0.2) is 48.5 Å². The predicted molar refractivity (Wildman–Crippen MR) is 148 cm³/mol. The van der Waals surface area contributed by atoms with E-state index >= 15 is 0 Å². The maximum Gasteiger partial charge on any atom is 0.410 e. The fourth-order valence-corrected chi connectivity index (χ4v) is 5.71. The Balaban J connectivity index is 0.00000400. The lowest BCUT2D eigenvalue weighted by atomic mass is 10.2. The first-order valence-corrected chi connectivity index (χ1v) is 13.4. The van der Waals surface area contributed by atoms with E-state index in [2.05, 4.69) is 5.32 Å². The third-order valence-electron chi connectivity index (χ3n) is 6.59. The first-order chi connectivity index (χ1) is 17.9. The Bertz CT molecular complexity index is 1080. The maximum atomic E-state index is 13.5. The molecule has 10 nitrogen and oxygen atoms in total. The van der Waals surface area contributed by atoms with Crippen LogP contribution in [0.5, 0.6) is 5.75 Å². The van der Waals surface area contributed by atoms with Gasteiger partial charge in [0.05, 0.1) is 12.0 Å². The van der Waals surface area contributed by atoms with Crippen molar-refractivity contribution in [2.75, 3.05) is 39.8 Å². The minimum Gasteiger partial charge on any atom is -0.497 e. The number of thioether (sulfide) groups is 1. The number of benzene rings is 2. The molecule has 2 atom stereocenters. The van der Waals surface area contributed by atoms with Gasteiger partial charge in [0, 0.05) is 49.3 Å². The van der Waals surface area contributed by atoms with Crippen LogP contribution >= 0.6 is 24.2 Å². The van der Waals surface area contributed by atoms with Crippen molar-refractivity contribution in [3.63, 3.8) is 0 Å². The van der Waals surface area contributed by atoms with Gasteiger partial charge >= 0.3 is 6.09 Å². The highest BCUT2D eigenvalue weighted by molar-refractivity contribution is 7.99. The average molecular weight is 565 g/mol. The monoisotopic (exact) mass is 564 g/mol. The molecular weight excluding hydrogens is 532 g/mol. The van der Waals surface area contributed by atoms with Crippen LogP contribution in [0, 0.1) is 10.1 Å². The molecule has 1 N–H and O–H groups in total. The molecule has 0 aliphatic carbocycles. The Morgan fingerprint density at radius 2 is 1.79 bits per heavy atom. The Hall–Kier alpha value is -3.02. The summed E-state index contributed by atoms with van der Waals surface area (Å²) in [7, 11) is 1.63. The van der Waals surface area contributed by atoms with E-state index in [1.54, 1.807) is 35.9 Å². The van der Waals surface area contributed by atoms with E-state index in [0.29, 0.717) is 31.6 Å². The van der Waals surface area contributed by atoms with Crippen LogP contribution in [0.3, 0.4) is 0 Å². The van der Waals surface area contributed by atoms with Crippen molar-refractivity contribution < 1.29 is 24.0 Å². The summed E-state index contributed by atoms with van der Waals surface area (Å²) < 4.78 is 10.8. The Morgan fingerprint density at radius 1 is 1.08 bits per heavy atom. The molecule has 0 bridgehead atoms. The van der Waals surface area contributed by atoms with E-state index in [4.69, 9.17) is 9.47 Å². The fraction of sp³-hybridized carbons (Fsp3) is 0.462. The van der Waals surface area contributed by atoms with Crippen molar-refractivity contribution in [2.24, 2.45) is 0 Å². The molecule has 2 heterocycles. The van der Waals surface area contributed by atoms with Gasteiger partial charge in [-0.1, -0.05) is 12.1 Å². The molecule has 0 spiro atoms. The van der Waals surface area contributed by atoms with Gasteiger partial charge in [0.2, 0.25) is 5.91 Å². The van der Waals surface area contributed by atoms with Crippen LogP contribution < -0.4 is 10.1 Å². The van der Waals surface area contributed by atoms with Crippen LogP contribution in [0.2, 0.25) is 0 Å². The molecule has 4 rings (SSSR count). The van der Waals surface area contributed by atoms with E-state index in [1.165, 1.54) is 12.1 Å². The van der Waals surface area contributed by atoms with Gasteiger partial charge in [-0.3, -0.25) is 19.8 Å². The van der Waals surface area contributed by atoms with Crippen LogP contribution in [-0.4, -0.2) is 77.8 Å². The van der Waals surface area contributed by atoms with Crippen LogP contribution in [-0.2, 0) is 21.9 Å². The topological polar surface area (TPSA) is 114 Å². The molecule has 38 heavy (non-hydrogen) atoms. The number of ether oxygens (including phenoxy) is 2. The molecule has 2 aliphatic heterocycles. The number of carbonyl (C=O) groups is 2. The van der Waals surface area contributed by atoms with Crippen molar-refractivity contribution in [1.82, 2.24) is 15.1 Å². The van der Waals surface area contributed by atoms with Crippen LogP contribution in [0.25, 0.3) is 0 Å². The van der Waals surface area contributed by atoms with Gasteiger partial charge in [0.25, 0.3) is 5.69 Å². The zero-order valence-electron chi connectivity index (χ0n) is 21.2. The van der Waals surface area contributed by atoms with Gasteiger partial charge < -0.3 is 19.7 Å². The standard InChI is InChI=1S/C26H32N4O6S.ClH/c1-35-22-9-5-20(6-10-22)18-37-23-15-24(25(31)28-13-2-11-27-12-14-28)29(16-23)26(32)36-17-19-3-7-21(8-4-19)30(33)34;/h3-10,23-24,27H,2,11-18H2,1H3;1H/t23-,24-;/m0./s1. The van der Waals surface area contributed by atoms with Crippen molar-refractivity contribution in [2.45, 2.75) is 36.5 Å². The Labute approximate surface area is 232 Å². The molecule has 0 radical (unpaired) electrons. The highest BCUT2D eigenvalue weighted by Gasteiger charge is 2.42. The van der Waals surface area contributed by atoms with E-state index in [1.807, 2.05) is 29.2 Å². The first-order valence-electron chi connectivity index (χ1n) is 12.4. The summed E-state index contributed by atoms with van der Waals surface area (Å²) in [6.07, 6.45) is 0.895. The number of likely N-dealkylation sites (tertiary alicyclic amines) is 1. The van der Waals surface area contributed by atoms with Crippen molar-refractivity contribution >= 4 is 41.9 Å². The smallest absolute Gasteiger partial charge is 0.410 e. The molecule has 2 saturated heterocycles. The fourth-order valence-electron chi connectivity index (χ4n) is 4.51. The molecule has 2 aromatic carbocycles. The number of nitro groups is 1. The third kappa shape index (κ3) is 7.75. The molecular formula is C26H33ClN4O6S. The summed E-state index contributed by atoms with van der Waals surface area (Å²) >= 11 is 1.73. The SMILES string of the molecule is COc1ccc(CS[C@H]2C[C@@H](C(=O)N3CCCNCC3)N(C(=O)OCc3ccc([N+](=O)[O-])cc3)C2)cc1.Cl. The van der Waals surface area contributed by atoms with E-state index in [9.17, 15) is 19.7 Å². The Morgan fingerprint density at radius 3 is 2.47 bits per heavy atom. The molecule has 12 heteroatoms. The number of rotatable bonds is 8. The highest BCUT2D eigenvalue weighted by atomic mass is 35.5. The number of halogens is 1. The summed E-state index contributed by atoms with van der Waals surface area (Å²) in [4.78, 5) is 40.4. The van der Waals surface area contributed by atoms with Gasteiger partial charge in [-0.05, 0) is 54.8 Å². The molecule has 0 saturated carbocycles. The maximum absolute atomic E-state index is 13.5. The van der Waals surface area contributed by atoms with Gasteiger partial charge in [-0.2, -0.15) is 11.8 Å². The molecule has 0 aromatic heterocycles. The molecule has 0 unspecified atom stereocenters. The van der Waals surface area contributed by atoms with E-state index in [0.717, 1.165) is 36.6 Å². The second kappa shape index (κ2) is 14.2. The third-order valence-corrected chi connectivity index (χ3v) is 7.90. The molecule has 2 aliphatic rings. The summed E-state index contributed by atoms with van der Waals surface area (Å²) in [5.41, 5.74) is 1.76. The minimum absolute atomic E-state index is 0. The number of non-ortho nitro benzene ring substituents is 1. The highest BCUT2D eigenvalue weighted by Crippen LogP contribution is 2.32. The van der Waals surface area contributed by atoms with Gasteiger partial charge in [0.15, 0.2) is 0 Å². The number of hydrogen-bond donors (Lipinski definition) is 1. The van der Waals surface area contributed by atoms with Gasteiger partial charge in [-0.15, -0.1) is 12.4 Å². The number of amides is 2. The minimum atomic E-state index is -0.573. The van der Waals surface area contributed by atoms with Gasteiger partial charge in [0.1, 0.15) is 18.4 Å². The zero-order chi connectivity index (χ0) is 26.2. The average Bonchev–Trinajstić information content (AvgIpc) is 3.16. The van der Waals surface area contributed by atoms with Crippen molar-refractivity contribution in [1.29, 1.82) is 0 Å². The predicted octanol–water partition coefficient (Wildman–Crippen LogP) is 3.86. The largest absolute Gasteiger partial charge is 0.497 e. The molecule has 2 fully saturated rings. The van der Waals surface area contributed by atoms with E-state index in [-0.39, 0.29) is 35.9 Å². The van der Waals surface area contributed by atoms with Crippen molar-refractivity contribution in [3.8, 4) is 5.75 Å². The number of nitrogens with zero attached hydrogens (tertiary/aromatic N) is 3. The molecule has 2 aromatic rings. The lowest BCUT2D eigenvalue weighted by molar-refractivity contribution is -0.384. The van der Waals surface area contributed by atoms with Crippen LogP contribution in [0.1, 0.15) is 24.0 Å². The number of methoxy groups -OCH3 is 1. The quantitative estimate of drug-likeness (QED) is 0.380. The number of nitro benzene ring substituents is 1. The second-order valence-electron chi connectivity index (χ2n) is 9.09. The number of carbonyl (C=O) groups excluding carboxylic acids is 2. The lowest BCUT2D eigenvalue weighted by Crippen LogP contribution is -2.48. The Kier molecular flexibility index (Phi) is 11.1. The normalized spacial score (nSPS) is 19.3. The van der Waals surface area contributed by atoms with E-state index < -0.39 is 17.1 Å². The lowest BCUT2D eigenvalue weighted by Gasteiger charge is -2.28. The summed E-state index contributed by atoms with van der Waals surface area (Å²) in [6, 6.07) is 13.2. The summed E-state index contributed by atoms with van der Waals surface area (Å²) in [5, 5.41) is 14.3. The van der Waals surface area contributed by atoms with Gasteiger partial charge in [-0.25, -0.2) is 4.79 Å². The first kappa shape index (κ1) is 29.5. The summed E-state index contributed by atoms with van der Waals surface area (Å²) in [6.45, 7) is 3.28.